The summed E-state index contributed by atoms with van der Waals surface area (Å²) < 4.78 is 0. The van der Waals surface area contributed by atoms with Crippen LogP contribution in [-0.4, -0.2) is 24.8 Å². The van der Waals surface area contributed by atoms with Crippen LogP contribution >= 0.6 is 0 Å². The SMILES string of the molecule is C=C(N(C)OC)C1(N)CC1. The van der Waals surface area contributed by atoms with Crippen molar-refractivity contribution in [1.82, 2.24) is 5.06 Å². The van der Waals surface area contributed by atoms with E-state index in [-0.39, 0.29) is 5.54 Å². The highest BCUT2D eigenvalue weighted by Crippen LogP contribution is 2.39. The number of nitrogens with zero attached hydrogens (tertiary/aromatic N) is 1. The largest absolute Gasteiger partial charge is 0.320 e. The Hall–Kier alpha value is -0.540. The summed E-state index contributed by atoms with van der Waals surface area (Å²) in [6.45, 7) is 3.84. The van der Waals surface area contributed by atoms with Gasteiger partial charge in [-0.2, -0.15) is 0 Å². The highest BCUT2D eigenvalue weighted by molar-refractivity contribution is 5.21. The summed E-state index contributed by atoms with van der Waals surface area (Å²) in [6.07, 6.45) is 2.05. The minimum absolute atomic E-state index is 0.162. The summed E-state index contributed by atoms with van der Waals surface area (Å²) in [7, 11) is 3.42. The second-order valence-electron chi connectivity index (χ2n) is 2.78. The average Bonchev–Trinajstić information content (AvgIpc) is 2.66. The first-order chi connectivity index (χ1) is 4.60. The predicted molar refractivity (Wildman–Crippen MR) is 40.1 cm³/mol. The Morgan fingerprint density at radius 3 is 2.50 bits per heavy atom. The Morgan fingerprint density at radius 1 is 1.70 bits per heavy atom. The molecule has 0 heterocycles. The van der Waals surface area contributed by atoms with E-state index < -0.39 is 0 Å². The Morgan fingerprint density at radius 2 is 2.20 bits per heavy atom. The minimum Gasteiger partial charge on any atom is -0.320 e. The highest BCUT2D eigenvalue weighted by atomic mass is 16.7. The Labute approximate surface area is 61.4 Å². The van der Waals surface area contributed by atoms with Gasteiger partial charge in [0, 0.05) is 7.05 Å². The zero-order chi connectivity index (χ0) is 7.78. The van der Waals surface area contributed by atoms with Gasteiger partial charge in [-0.05, 0) is 12.8 Å². The van der Waals surface area contributed by atoms with E-state index in [1.54, 1.807) is 12.2 Å². The summed E-state index contributed by atoms with van der Waals surface area (Å²) in [4.78, 5) is 4.93. The van der Waals surface area contributed by atoms with Crippen LogP contribution in [-0.2, 0) is 4.84 Å². The number of nitrogens with two attached hydrogens (primary N) is 1. The predicted octanol–water partition coefficient (Wildman–Crippen LogP) is 0.485. The number of hydrogen-bond donors (Lipinski definition) is 1. The first-order valence-electron chi connectivity index (χ1n) is 3.36. The van der Waals surface area contributed by atoms with Crippen molar-refractivity contribution in [3.05, 3.63) is 12.3 Å². The van der Waals surface area contributed by atoms with Gasteiger partial charge in [0.2, 0.25) is 0 Å². The molecule has 10 heavy (non-hydrogen) atoms. The maximum atomic E-state index is 5.85. The third kappa shape index (κ3) is 1.15. The minimum atomic E-state index is -0.162. The molecule has 3 nitrogen and oxygen atoms in total. The lowest BCUT2D eigenvalue weighted by Gasteiger charge is -2.22. The van der Waals surface area contributed by atoms with Crippen LogP contribution in [0.1, 0.15) is 12.8 Å². The summed E-state index contributed by atoms with van der Waals surface area (Å²) in [5, 5.41) is 1.62. The molecule has 1 fully saturated rings. The molecule has 0 atom stereocenters. The fourth-order valence-corrected chi connectivity index (χ4v) is 0.847. The second kappa shape index (κ2) is 2.25. The first-order valence-corrected chi connectivity index (χ1v) is 3.36. The van der Waals surface area contributed by atoms with Gasteiger partial charge in [0.15, 0.2) is 0 Å². The summed E-state index contributed by atoms with van der Waals surface area (Å²) in [6, 6.07) is 0. The van der Waals surface area contributed by atoms with Crippen molar-refractivity contribution in [3.8, 4) is 0 Å². The molecule has 1 aliphatic rings. The maximum Gasteiger partial charge on any atom is 0.0638 e. The van der Waals surface area contributed by atoms with Crippen molar-refractivity contribution < 1.29 is 4.84 Å². The molecule has 1 rings (SSSR count). The van der Waals surface area contributed by atoms with Gasteiger partial charge in [-0.1, -0.05) is 6.58 Å². The standard InChI is InChI=1S/C7H14N2O/c1-6(9(2)10-3)7(8)4-5-7/h1,4-5,8H2,2-3H3. The smallest absolute Gasteiger partial charge is 0.0638 e. The van der Waals surface area contributed by atoms with Gasteiger partial charge in [-0.3, -0.25) is 9.90 Å². The molecule has 0 radical (unpaired) electrons. The van der Waals surface area contributed by atoms with Crippen molar-refractivity contribution in [2.24, 2.45) is 5.73 Å². The summed E-state index contributed by atoms with van der Waals surface area (Å²) in [5.74, 6) is 0. The van der Waals surface area contributed by atoms with E-state index in [1.807, 2.05) is 7.05 Å². The molecular formula is C7H14N2O. The third-order valence-corrected chi connectivity index (χ3v) is 2.02. The molecule has 0 aromatic heterocycles. The van der Waals surface area contributed by atoms with E-state index >= 15 is 0 Å². The van der Waals surface area contributed by atoms with Crippen molar-refractivity contribution in [2.45, 2.75) is 18.4 Å². The maximum absolute atomic E-state index is 5.85. The van der Waals surface area contributed by atoms with E-state index in [4.69, 9.17) is 10.6 Å². The normalized spacial score (nSPS) is 20.3. The van der Waals surface area contributed by atoms with Gasteiger partial charge >= 0.3 is 0 Å². The van der Waals surface area contributed by atoms with Gasteiger partial charge in [-0.15, -0.1) is 0 Å². The number of hydroxylamine groups is 2. The first kappa shape index (κ1) is 7.57. The van der Waals surface area contributed by atoms with Crippen molar-refractivity contribution in [2.75, 3.05) is 14.2 Å². The molecule has 1 saturated carbocycles. The fourth-order valence-electron chi connectivity index (χ4n) is 0.847. The van der Waals surface area contributed by atoms with Crippen LogP contribution in [0.4, 0.5) is 0 Å². The molecule has 0 bridgehead atoms. The van der Waals surface area contributed by atoms with E-state index in [2.05, 4.69) is 6.58 Å². The number of likely N-dealkylation sites (N-methyl/N-ethyl adjacent to an activating group) is 1. The molecule has 0 aromatic carbocycles. The molecule has 58 valence electrons. The molecular weight excluding hydrogens is 128 g/mol. The number of hydrogen-bond acceptors (Lipinski definition) is 3. The monoisotopic (exact) mass is 142 g/mol. The average molecular weight is 142 g/mol. The van der Waals surface area contributed by atoms with Crippen LogP contribution in [0.15, 0.2) is 12.3 Å². The van der Waals surface area contributed by atoms with Crippen LogP contribution in [0.25, 0.3) is 0 Å². The lowest BCUT2D eigenvalue weighted by Crippen LogP contribution is -2.33. The Balaban J connectivity index is 2.49. The Bertz CT molecular complexity index is 152. The van der Waals surface area contributed by atoms with Gasteiger partial charge in [0.05, 0.1) is 18.3 Å². The van der Waals surface area contributed by atoms with Crippen molar-refractivity contribution in [1.29, 1.82) is 0 Å². The van der Waals surface area contributed by atoms with Gasteiger partial charge in [-0.25, -0.2) is 0 Å². The molecule has 0 aromatic rings. The second-order valence-corrected chi connectivity index (χ2v) is 2.78. The van der Waals surface area contributed by atoms with Crippen molar-refractivity contribution in [3.63, 3.8) is 0 Å². The highest BCUT2D eigenvalue weighted by Gasteiger charge is 2.42. The summed E-state index contributed by atoms with van der Waals surface area (Å²) >= 11 is 0. The molecule has 0 amide bonds. The van der Waals surface area contributed by atoms with Crippen molar-refractivity contribution >= 4 is 0 Å². The zero-order valence-electron chi connectivity index (χ0n) is 6.55. The molecule has 0 saturated heterocycles. The topological polar surface area (TPSA) is 38.5 Å². The zero-order valence-corrected chi connectivity index (χ0v) is 6.55. The van der Waals surface area contributed by atoms with E-state index in [0.717, 1.165) is 18.5 Å². The lowest BCUT2D eigenvalue weighted by atomic mass is 10.2. The van der Waals surface area contributed by atoms with Gasteiger partial charge < -0.3 is 5.73 Å². The van der Waals surface area contributed by atoms with Crippen LogP contribution < -0.4 is 5.73 Å². The Kier molecular flexibility index (Phi) is 1.70. The van der Waals surface area contributed by atoms with E-state index in [9.17, 15) is 0 Å². The molecule has 0 aliphatic heterocycles. The quantitative estimate of drug-likeness (QED) is 0.583. The summed E-state index contributed by atoms with van der Waals surface area (Å²) in [5.41, 5.74) is 6.55. The van der Waals surface area contributed by atoms with Crippen LogP contribution in [0, 0.1) is 0 Å². The van der Waals surface area contributed by atoms with E-state index in [1.165, 1.54) is 0 Å². The molecule has 3 heteroatoms. The fraction of sp³-hybridized carbons (Fsp3) is 0.714. The molecule has 1 aliphatic carbocycles. The molecule has 0 spiro atoms. The van der Waals surface area contributed by atoms with Gasteiger partial charge in [0.1, 0.15) is 0 Å². The van der Waals surface area contributed by atoms with Gasteiger partial charge in [0.25, 0.3) is 0 Å². The third-order valence-electron chi connectivity index (χ3n) is 2.02. The van der Waals surface area contributed by atoms with Crippen LogP contribution in [0.5, 0.6) is 0 Å². The van der Waals surface area contributed by atoms with E-state index in [0.29, 0.717) is 0 Å². The number of rotatable bonds is 3. The molecule has 2 N–H and O–H groups in total. The van der Waals surface area contributed by atoms with Crippen LogP contribution in [0.2, 0.25) is 0 Å². The lowest BCUT2D eigenvalue weighted by molar-refractivity contribution is -0.0824. The molecule has 0 unspecified atom stereocenters. The van der Waals surface area contributed by atoms with Crippen LogP contribution in [0.3, 0.4) is 0 Å².